The Morgan fingerprint density at radius 3 is 2.64 bits per heavy atom. The van der Waals surface area contributed by atoms with Crippen LogP contribution in [0.25, 0.3) is 6.08 Å². The Balaban J connectivity index is 2.69. The van der Waals surface area contributed by atoms with Gasteiger partial charge in [0.1, 0.15) is 0 Å². The molecule has 2 heteroatoms. The molecule has 2 nitrogen and oxygen atoms in total. The molecular formula is C12H13NO. The zero-order valence-corrected chi connectivity index (χ0v) is 8.10. The Bertz CT molecular complexity index is 378. The van der Waals surface area contributed by atoms with Crippen molar-refractivity contribution < 1.29 is 4.79 Å². The van der Waals surface area contributed by atoms with Gasteiger partial charge in [0.05, 0.1) is 0 Å². The smallest absolute Gasteiger partial charge is 0.152 e. The molecule has 0 spiro atoms. The molecule has 0 amide bonds. The van der Waals surface area contributed by atoms with Gasteiger partial charge in [0.2, 0.25) is 0 Å². The summed E-state index contributed by atoms with van der Waals surface area (Å²) in [5.41, 5.74) is 7.42. The highest BCUT2D eigenvalue weighted by Gasteiger charge is 1.89. The predicted molar refractivity (Wildman–Crippen MR) is 59.7 cm³/mol. The van der Waals surface area contributed by atoms with Crippen LogP contribution in [0.4, 0.5) is 5.69 Å². The van der Waals surface area contributed by atoms with E-state index >= 15 is 0 Å². The van der Waals surface area contributed by atoms with Crippen LogP contribution in [0.1, 0.15) is 12.5 Å². The number of rotatable bonds is 3. The van der Waals surface area contributed by atoms with Gasteiger partial charge in [-0.15, -0.1) is 0 Å². The fourth-order valence-electron chi connectivity index (χ4n) is 1.01. The zero-order valence-electron chi connectivity index (χ0n) is 8.10. The van der Waals surface area contributed by atoms with E-state index in [0.29, 0.717) is 0 Å². The zero-order chi connectivity index (χ0) is 10.4. The average Bonchev–Trinajstić information content (AvgIpc) is 2.15. The Morgan fingerprint density at radius 2 is 2.00 bits per heavy atom. The summed E-state index contributed by atoms with van der Waals surface area (Å²) >= 11 is 0. The lowest BCUT2D eigenvalue weighted by molar-refractivity contribution is -0.112. The van der Waals surface area contributed by atoms with Crippen molar-refractivity contribution in [3.63, 3.8) is 0 Å². The second kappa shape index (κ2) is 5.02. The van der Waals surface area contributed by atoms with Crippen LogP contribution >= 0.6 is 0 Å². The highest BCUT2D eigenvalue weighted by Crippen LogP contribution is 2.11. The van der Waals surface area contributed by atoms with Crippen molar-refractivity contribution in [2.45, 2.75) is 6.92 Å². The molecule has 14 heavy (non-hydrogen) atoms. The molecule has 0 aliphatic rings. The first kappa shape index (κ1) is 10.3. The number of anilines is 1. The molecule has 0 unspecified atom stereocenters. The van der Waals surface area contributed by atoms with Crippen LogP contribution in [0.15, 0.2) is 42.5 Å². The van der Waals surface area contributed by atoms with Gasteiger partial charge in [0.25, 0.3) is 0 Å². The van der Waals surface area contributed by atoms with Crippen LogP contribution in [0, 0.1) is 0 Å². The molecule has 1 rings (SSSR count). The standard InChI is InChI=1S/C12H13NO/c1-10(14)6-2-3-7-11-8-4-5-9-12(11)13/h2-9H,13H2,1H3. The number of carbonyl (C=O) groups is 1. The SMILES string of the molecule is CC(=O)C=CC=Cc1ccccc1N. The first-order chi connectivity index (χ1) is 6.70. The number of carbonyl (C=O) groups excluding carboxylic acids is 1. The quantitative estimate of drug-likeness (QED) is 0.448. The summed E-state index contributed by atoms with van der Waals surface area (Å²) in [6.45, 7) is 1.52. The normalized spacial score (nSPS) is 11.2. The Morgan fingerprint density at radius 1 is 1.29 bits per heavy atom. The molecule has 72 valence electrons. The summed E-state index contributed by atoms with van der Waals surface area (Å²) in [7, 11) is 0. The molecule has 0 radical (unpaired) electrons. The van der Waals surface area contributed by atoms with Crippen LogP contribution in [-0.4, -0.2) is 5.78 Å². The van der Waals surface area contributed by atoms with Crippen molar-refractivity contribution in [3.8, 4) is 0 Å². The minimum Gasteiger partial charge on any atom is -0.398 e. The molecular weight excluding hydrogens is 174 g/mol. The van der Waals surface area contributed by atoms with E-state index in [9.17, 15) is 4.79 Å². The van der Waals surface area contributed by atoms with E-state index < -0.39 is 0 Å². The van der Waals surface area contributed by atoms with Gasteiger partial charge >= 0.3 is 0 Å². The van der Waals surface area contributed by atoms with Crippen LogP contribution in [0.2, 0.25) is 0 Å². The maximum absolute atomic E-state index is 10.6. The van der Waals surface area contributed by atoms with Gasteiger partial charge in [0.15, 0.2) is 5.78 Å². The minimum absolute atomic E-state index is 0.0377. The summed E-state index contributed by atoms with van der Waals surface area (Å²) in [6, 6.07) is 7.57. The summed E-state index contributed by atoms with van der Waals surface area (Å²) in [6.07, 6.45) is 6.88. The van der Waals surface area contributed by atoms with E-state index in [4.69, 9.17) is 5.73 Å². The van der Waals surface area contributed by atoms with Crippen LogP contribution in [0.5, 0.6) is 0 Å². The van der Waals surface area contributed by atoms with E-state index in [1.54, 1.807) is 12.2 Å². The van der Waals surface area contributed by atoms with E-state index in [1.165, 1.54) is 13.0 Å². The van der Waals surface area contributed by atoms with Crippen molar-refractivity contribution in [2.75, 3.05) is 5.73 Å². The third-order valence-corrected chi connectivity index (χ3v) is 1.71. The summed E-state index contributed by atoms with van der Waals surface area (Å²) in [4.78, 5) is 10.6. The van der Waals surface area contributed by atoms with Gasteiger partial charge in [-0.2, -0.15) is 0 Å². The van der Waals surface area contributed by atoms with Crippen molar-refractivity contribution in [3.05, 3.63) is 48.1 Å². The molecule has 0 saturated heterocycles. The fourth-order valence-corrected chi connectivity index (χ4v) is 1.01. The summed E-state index contributed by atoms with van der Waals surface area (Å²) < 4.78 is 0. The average molecular weight is 187 g/mol. The lowest BCUT2D eigenvalue weighted by atomic mass is 10.1. The number of para-hydroxylation sites is 1. The van der Waals surface area contributed by atoms with Crippen LogP contribution < -0.4 is 5.73 Å². The van der Waals surface area contributed by atoms with Gasteiger partial charge in [-0.3, -0.25) is 4.79 Å². The molecule has 2 N–H and O–H groups in total. The molecule has 0 aliphatic carbocycles. The monoisotopic (exact) mass is 187 g/mol. The molecule has 0 atom stereocenters. The van der Waals surface area contributed by atoms with E-state index in [2.05, 4.69) is 0 Å². The maximum atomic E-state index is 10.6. The molecule has 0 bridgehead atoms. The minimum atomic E-state index is 0.0377. The number of hydrogen-bond donors (Lipinski definition) is 1. The first-order valence-electron chi connectivity index (χ1n) is 4.40. The number of nitrogens with two attached hydrogens (primary N) is 1. The lowest BCUT2D eigenvalue weighted by Crippen LogP contribution is -1.86. The van der Waals surface area contributed by atoms with Crippen molar-refractivity contribution in [1.82, 2.24) is 0 Å². The van der Waals surface area contributed by atoms with Crippen molar-refractivity contribution in [1.29, 1.82) is 0 Å². The third-order valence-electron chi connectivity index (χ3n) is 1.71. The largest absolute Gasteiger partial charge is 0.398 e. The van der Waals surface area contributed by atoms with Gasteiger partial charge in [-0.25, -0.2) is 0 Å². The molecule has 0 aliphatic heterocycles. The van der Waals surface area contributed by atoms with Crippen molar-refractivity contribution in [2.24, 2.45) is 0 Å². The number of benzene rings is 1. The number of allylic oxidation sites excluding steroid dienone is 3. The van der Waals surface area contributed by atoms with Gasteiger partial charge in [0, 0.05) is 5.69 Å². The van der Waals surface area contributed by atoms with Crippen LogP contribution in [0.3, 0.4) is 0 Å². The predicted octanol–water partition coefficient (Wildman–Crippen LogP) is 2.43. The van der Waals surface area contributed by atoms with Gasteiger partial charge < -0.3 is 5.73 Å². The molecule has 0 aromatic heterocycles. The van der Waals surface area contributed by atoms with E-state index in [-0.39, 0.29) is 5.78 Å². The second-order valence-electron chi connectivity index (χ2n) is 2.96. The fraction of sp³-hybridized carbons (Fsp3) is 0.0833. The maximum Gasteiger partial charge on any atom is 0.152 e. The molecule has 1 aromatic carbocycles. The number of hydrogen-bond acceptors (Lipinski definition) is 2. The van der Waals surface area contributed by atoms with E-state index in [0.717, 1.165) is 11.3 Å². The van der Waals surface area contributed by atoms with Crippen molar-refractivity contribution >= 4 is 17.5 Å². The number of nitrogen functional groups attached to an aromatic ring is 1. The highest BCUT2D eigenvalue weighted by atomic mass is 16.1. The topological polar surface area (TPSA) is 43.1 Å². The molecule has 1 aromatic rings. The Hall–Kier alpha value is -1.83. The number of ketones is 1. The Labute approximate surface area is 83.7 Å². The summed E-state index contributed by atoms with van der Waals surface area (Å²) in [5, 5.41) is 0. The third kappa shape index (κ3) is 3.27. The lowest BCUT2D eigenvalue weighted by Gasteiger charge is -1.96. The molecule has 0 saturated carbocycles. The first-order valence-corrected chi connectivity index (χ1v) is 4.40. The molecule has 0 heterocycles. The van der Waals surface area contributed by atoms with E-state index in [1.807, 2.05) is 30.3 Å². The van der Waals surface area contributed by atoms with Crippen LogP contribution in [-0.2, 0) is 4.79 Å². The summed E-state index contributed by atoms with van der Waals surface area (Å²) in [5.74, 6) is 0.0377. The molecule has 0 fully saturated rings. The second-order valence-corrected chi connectivity index (χ2v) is 2.96. The highest BCUT2D eigenvalue weighted by molar-refractivity contribution is 5.87. The Kier molecular flexibility index (Phi) is 3.68. The van der Waals surface area contributed by atoms with Gasteiger partial charge in [-0.05, 0) is 24.6 Å². The van der Waals surface area contributed by atoms with Gasteiger partial charge in [-0.1, -0.05) is 36.4 Å².